The molecule has 0 amide bonds. The van der Waals surface area contributed by atoms with Crippen molar-refractivity contribution in [2.75, 3.05) is 30.0 Å². The van der Waals surface area contributed by atoms with Crippen molar-refractivity contribution in [3.63, 3.8) is 0 Å². The minimum absolute atomic E-state index is 0.0849. The third kappa shape index (κ3) is 17.8. The first kappa shape index (κ1) is 61.6. The zero-order chi connectivity index (χ0) is 51.8. The summed E-state index contributed by atoms with van der Waals surface area (Å²) in [4.78, 5) is 42.8. The Balaban J connectivity index is 0.000000491. The Hall–Kier alpha value is -4.42. The van der Waals surface area contributed by atoms with E-state index in [9.17, 15) is 4.79 Å². The SMILES string of the molecule is CC(C)c1ncnc(CO[Si](c2ccccc2)(c2ccccc2)C(C)(C)C)c1N.CC(C)c1ncnc(Cl)c1N.COC(=O)c1ncnc(C(C)C)c1N.C[CH-]C.Nc1c(Cl)ncnc1Cl.[Zn+][Br]. The van der Waals surface area contributed by atoms with Crippen molar-refractivity contribution in [3.8, 4) is 0 Å². The van der Waals surface area contributed by atoms with E-state index in [0.717, 1.165) is 17.1 Å². The van der Waals surface area contributed by atoms with Crippen LogP contribution in [0.3, 0.4) is 0 Å². The number of rotatable bonds is 9. The van der Waals surface area contributed by atoms with E-state index in [1.807, 2.05) is 60.1 Å². The molecule has 8 N–H and O–H groups in total. The molecule has 4 heterocycles. The number of hydrogen-bond acceptors (Lipinski definition) is 15. The van der Waals surface area contributed by atoms with E-state index < -0.39 is 14.3 Å². The number of hydrogen-bond donors (Lipinski definition) is 4. The van der Waals surface area contributed by atoms with E-state index in [1.165, 1.54) is 52.8 Å². The molecule has 0 saturated heterocycles. The van der Waals surface area contributed by atoms with Crippen molar-refractivity contribution in [2.24, 2.45) is 0 Å². The van der Waals surface area contributed by atoms with Gasteiger partial charge < -0.3 is 38.5 Å². The summed E-state index contributed by atoms with van der Waals surface area (Å²) < 4.78 is 11.5. The number of nitrogens with two attached hydrogens (primary N) is 4. The van der Waals surface area contributed by atoms with Crippen LogP contribution in [0.25, 0.3) is 0 Å². The number of nitrogens with zero attached hydrogens (tertiary/aromatic N) is 8. The van der Waals surface area contributed by atoms with Gasteiger partial charge in [0.1, 0.15) is 31.0 Å². The molecular weight excluding hydrogens is 1060 g/mol. The Morgan fingerprint density at radius 1 is 0.618 bits per heavy atom. The molecule has 0 unspecified atom stereocenters. The van der Waals surface area contributed by atoms with E-state index in [2.05, 4.69) is 141 Å². The van der Waals surface area contributed by atoms with Gasteiger partial charge in [-0.15, -0.1) is 0 Å². The molecule has 6 aromatic rings. The van der Waals surface area contributed by atoms with Gasteiger partial charge in [-0.25, -0.2) is 44.7 Å². The maximum absolute atomic E-state index is 11.2. The number of esters is 1. The Kier molecular flexibility index (Phi) is 28.0. The van der Waals surface area contributed by atoms with Crippen molar-refractivity contribution in [1.82, 2.24) is 39.9 Å². The number of methoxy groups -OCH3 is 1. The van der Waals surface area contributed by atoms with Gasteiger partial charge in [-0.05, 0) is 33.2 Å². The second-order valence-corrected chi connectivity index (χ2v) is 21.8. The average molecular weight is 1120 g/mol. The van der Waals surface area contributed by atoms with Gasteiger partial charge in [-0.2, -0.15) is 13.8 Å². The van der Waals surface area contributed by atoms with E-state index in [4.69, 9.17) is 62.2 Å². The average Bonchev–Trinajstić information content (AvgIpc) is 3.31. The molecule has 0 aliphatic heterocycles. The summed E-state index contributed by atoms with van der Waals surface area (Å²) in [6.45, 7) is 23.2. The van der Waals surface area contributed by atoms with Crippen molar-refractivity contribution in [1.29, 1.82) is 0 Å². The van der Waals surface area contributed by atoms with Crippen LogP contribution < -0.4 is 33.3 Å². The minimum atomic E-state index is -2.62. The number of halogens is 4. The molecule has 0 bridgehead atoms. The molecule has 6 rings (SSSR count). The van der Waals surface area contributed by atoms with Crippen LogP contribution in [-0.4, -0.2) is 61.3 Å². The third-order valence-electron chi connectivity index (χ3n) is 9.43. The molecular formula is C47H64BrCl3N12O3SiZn. The van der Waals surface area contributed by atoms with Crippen LogP contribution in [0.4, 0.5) is 22.7 Å². The molecule has 0 radical (unpaired) electrons. The van der Waals surface area contributed by atoms with E-state index in [0.29, 0.717) is 34.5 Å². The number of benzene rings is 2. The van der Waals surface area contributed by atoms with Gasteiger partial charge in [0, 0.05) is 0 Å². The predicted octanol–water partition coefficient (Wildman–Crippen LogP) is 10.5. The van der Waals surface area contributed by atoms with Crippen molar-refractivity contribution >= 4 is 95.8 Å². The first-order chi connectivity index (χ1) is 32.1. The monoisotopic (exact) mass is 1120 g/mol. The Bertz CT molecular complexity index is 2370. The van der Waals surface area contributed by atoms with Crippen LogP contribution >= 0.6 is 48.4 Å². The first-order valence-corrected chi connectivity index (χ1v) is 31.3. The number of aromatic nitrogens is 8. The quantitative estimate of drug-likeness (QED) is 0.0455. The van der Waals surface area contributed by atoms with Crippen LogP contribution in [0.2, 0.25) is 20.5 Å². The summed E-state index contributed by atoms with van der Waals surface area (Å²) in [5, 5.41) is 3.12. The number of nitrogen functional groups attached to an aromatic ring is 4. The van der Waals surface area contributed by atoms with Crippen molar-refractivity contribution < 1.29 is 30.3 Å². The second-order valence-electron chi connectivity index (χ2n) is 16.5. The second kappa shape index (κ2) is 30.9. The van der Waals surface area contributed by atoms with Gasteiger partial charge in [-0.3, -0.25) is 0 Å². The molecule has 68 heavy (non-hydrogen) atoms. The molecule has 15 nitrogen and oxygen atoms in total. The number of ether oxygens (including phenoxy) is 1. The summed E-state index contributed by atoms with van der Waals surface area (Å²) in [6, 6.07) is 21.2. The fourth-order valence-corrected chi connectivity index (χ4v) is 11.3. The molecule has 0 saturated carbocycles. The van der Waals surface area contributed by atoms with Crippen molar-refractivity contribution in [3.05, 3.63) is 136 Å². The predicted molar refractivity (Wildman–Crippen MR) is 281 cm³/mol. The van der Waals surface area contributed by atoms with Crippen LogP contribution in [0.15, 0.2) is 86.0 Å². The molecule has 4 aromatic heterocycles. The zero-order valence-corrected chi connectivity index (χ0v) is 48.8. The van der Waals surface area contributed by atoms with E-state index in [-0.39, 0.29) is 44.5 Å². The number of anilines is 4. The molecule has 0 atom stereocenters. The van der Waals surface area contributed by atoms with Crippen molar-refractivity contribution in [2.45, 2.75) is 106 Å². The summed E-state index contributed by atoms with van der Waals surface area (Å²) >= 11 is 20.8. The van der Waals surface area contributed by atoms with Crippen LogP contribution in [-0.2, 0) is 32.1 Å². The fourth-order valence-electron chi connectivity index (χ4n) is 6.29. The van der Waals surface area contributed by atoms with Crippen LogP contribution in [0, 0.1) is 6.42 Å². The van der Waals surface area contributed by atoms with Gasteiger partial charge in [0.05, 0.1) is 53.6 Å². The molecule has 21 heteroatoms. The van der Waals surface area contributed by atoms with Gasteiger partial charge >= 0.3 is 35.9 Å². The number of carbonyl (C=O) groups is 1. The van der Waals surface area contributed by atoms with Crippen LogP contribution in [0.1, 0.15) is 127 Å². The standard InChI is InChI=1S/C24H31N3OSi.C9H13N3O2.C7H10ClN3.C4H3Cl2N3.C3H7.BrH.Zn/c1-18(2)23-22(25)21(26-17-27-23)16-28-29(24(3,4)5,19-12-8-6-9-13-19)20-14-10-7-11-15-20;1-5(2)7-6(10)8(9(13)14-3)12-4-11-7;1-4(2)6-5(9)7(8)11-3-10-6;5-3-2(7)4(6)9-1-8-3;1-3-2;;/h6-15,17-18H,16,25H2,1-5H3;4-5H,10H2,1-3H3;3-4H,9H2,1-2H3;1H,7H2;3H,1-2H3;1H;/q;;;;-1;;+2/p-1. The molecule has 0 spiro atoms. The first-order valence-electron chi connectivity index (χ1n) is 21.3. The summed E-state index contributed by atoms with van der Waals surface area (Å²) in [5.41, 5.74) is 28.0. The summed E-state index contributed by atoms with van der Waals surface area (Å²) in [7, 11) is -1.32. The molecule has 0 aliphatic carbocycles. The van der Waals surface area contributed by atoms with Gasteiger partial charge in [0.25, 0.3) is 8.32 Å². The fraction of sp³-hybridized carbons (Fsp3) is 0.362. The summed E-state index contributed by atoms with van der Waals surface area (Å²) in [6.07, 6.45) is 7.59. The maximum atomic E-state index is 11.2. The Morgan fingerprint density at radius 3 is 1.34 bits per heavy atom. The summed E-state index contributed by atoms with van der Waals surface area (Å²) in [5.74, 6) is 0.147. The van der Waals surface area contributed by atoms with E-state index in [1.54, 1.807) is 6.33 Å². The van der Waals surface area contributed by atoms with E-state index >= 15 is 0 Å². The molecule has 0 fully saturated rings. The van der Waals surface area contributed by atoms with Gasteiger partial charge in [0.15, 0.2) is 21.2 Å². The van der Waals surface area contributed by atoms with Gasteiger partial charge in [0.2, 0.25) is 0 Å². The number of carbonyl (C=O) groups excluding carboxylic acids is 1. The Labute approximate surface area is 434 Å². The molecule has 2 aromatic carbocycles. The Morgan fingerprint density at radius 2 is 0.971 bits per heavy atom. The van der Waals surface area contributed by atoms with Crippen LogP contribution in [0.5, 0.6) is 0 Å². The normalized spacial score (nSPS) is 10.7. The zero-order valence-electron chi connectivity index (χ0n) is 40.9. The topological polar surface area (TPSA) is 243 Å². The molecule has 0 aliphatic rings. The molecule has 364 valence electrons. The third-order valence-corrected chi connectivity index (χ3v) is 15.3. The van der Waals surface area contributed by atoms with Gasteiger partial charge in [-0.1, -0.05) is 158 Å².